The van der Waals surface area contributed by atoms with Crippen LogP contribution in [0.15, 0.2) is 53.7 Å². The number of nitrogens with one attached hydrogen (secondary N) is 1. The van der Waals surface area contributed by atoms with E-state index in [0.29, 0.717) is 10.6 Å². The number of hydrogen-bond donors (Lipinski definition) is 2. The lowest BCUT2D eigenvalue weighted by atomic mass is 10.1. The molecule has 0 bridgehead atoms. The van der Waals surface area contributed by atoms with E-state index in [9.17, 15) is 18.4 Å². The number of hydrazine groups is 1. The van der Waals surface area contributed by atoms with Crippen molar-refractivity contribution in [1.82, 2.24) is 14.8 Å². The van der Waals surface area contributed by atoms with Crippen LogP contribution in [-0.2, 0) is 5.75 Å². The van der Waals surface area contributed by atoms with Crippen molar-refractivity contribution in [2.24, 2.45) is 5.84 Å². The second kappa shape index (κ2) is 7.63. The maximum absolute atomic E-state index is 13.0. The Bertz CT molecular complexity index is 960. The molecule has 26 heavy (non-hydrogen) atoms. The Balaban J connectivity index is 2.05. The molecule has 0 atom stereocenters. The van der Waals surface area contributed by atoms with Crippen LogP contribution < -0.4 is 11.3 Å². The smallest absolute Gasteiger partial charge is 0.294 e. The molecule has 0 aliphatic carbocycles. The van der Waals surface area contributed by atoms with Crippen molar-refractivity contribution in [3.63, 3.8) is 0 Å². The molecule has 3 rings (SSSR count). The number of benzene rings is 1. The monoisotopic (exact) mass is 376 g/mol. The number of alkyl halides is 2. The molecule has 9 heteroatoms. The number of imidazole rings is 1. The zero-order valence-electron chi connectivity index (χ0n) is 13.4. The van der Waals surface area contributed by atoms with Gasteiger partial charge in [-0.2, -0.15) is 0 Å². The average Bonchev–Trinajstić information content (AvgIpc) is 3.09. The van der Waals surface area contributed by atoms with E-state index in [2.05, 4.69) is 4.98 Å². The minimum atomic E-state index is -3.16. The van der Waals surface area contributed by atoms with Gasteiger partial charge >= 0.3 is 12.3 Å². The molecule has 0 aliphatic heterocycles. The van der Waals surface area contributed by atoms with Gasteiger partial charge in [-0.25, -0.2) is 19.6 Å². The topological polar surface area (TPSA) is 89.5 Å². The fourth-order valence-electron chi connectivity index (χ4n) is 2.44. The number of fused-ring (bicyclic) bond motifs is 1. The molecule has 0 fully saturated rings. The van der Waals surface area contributed by atoms with Crippen LogP contribution in [0.2, 0.25) is 0 Å². The zero-order valence-corrected chi connectivity index (χ0v) is 14.2. The fraction of sp³-hybridized carbons (Fsp3) is 0.118. The highest BCUT2D eigenvalue weighted by Gasteiger charge is 2.24. The Morgan fingerprint density at radius 1 is 1.27 bits per heavy atom. The third kappa shape index (κ3) is 3.58. The number of nitrogen functional groups attached to an aromatic ring is 1. The number of thioether (sulfide) groups is 1. The first-order valence-electron chi connectivity index (χ1n) is 7.52. The Hall–Kier alpha value is -2.78. The Labute approximate surface area is 151 Å². The Kier molecular flexibility index (Phi) is 5.29. The van der Waals surface area contributed by atoms with Gasteiger partial charge in [-0.1, -0.05) is 30.3 Å². The standard InChI is InChI=1S/C17H14F2N4O2S/c18-15(19)14(24)12-6-11(26-9-10-4-2-1-3-5-10)8-23-13(12)7-21-16(23)17(25)22-20/h1-8,15H,9,20H2,(H,22,25). The Morgan fingerprint density at radius 2 is 2.00 bits per heavy atom. The number of halogens is 2. The molecule has 2 aromatic heterocycles. The first-order chi connectivity index (χ1) is 12.5. The van der Waals surface area contributed by atoms with Crippen molar-refractivity contribution in [3.8, 4) is 0 Å². The summed E-state index contributed by atoms with van der Waals surface area (Å²) in [5, 5.41) is 0. The third-order valence-electron chi connectivity index (χ3n) is 3.66. The van der Waals surface area contributed by atoms with Crippen molar-refractivity contribution >= 4 is 29.0 Å². The zero-order chi connectivity index (χ0) is 18.7. The van der Waals surface area contributed by atoms with Crippen LogP contribution >= 0.6 is 11.8 Å². The molecular formula is C17H14F2N4O2S. The summed E-state index contributed by atoms with van der Waals surface area (Å²) in [5.41, 5.74) is 2.91. The number of pyridine rings is 1. The third-order valence-corrected chi connectivity index (χ3v) is 4.70. The van der Waals surface area contributed by atoms with Crippen LogP contribution in [0.4, 0.5) is 8.78 Å². The van der Waals surface area contributed by atoms with Gasteiger partial charge in [-0.15, -0.1) is 11.8 Å². The van der Waals surface area contributed by atoms with Crippen molar-refractivity contribution in [2.75, 3.05) is 0 Å². The number of Topliss-reactive ketones (excluding diaryl/α,β-unsaturated/α-hetero) is 1. The molecule has 6 nitrogen and oxygen atoms in total. The molecule has 0 aliphatic rings. The molecule has 3 aromatic rings. The van der Waals surface area contributed by atoms with Gasteiger partial charge in [0.2, 0.25) is 11.6 Å². The molecule has 2 heterocycles. The highest BCUT2D eigenvalue weighted by atomic mass is 32.2. The SMILES string of the molecule is NNC(=O)c1ncc2c(C(=O)C(F)F)cc(SCc3ccccc3)cn12. The maximum atomic E-state index is 13.0. The van der Waals surface area contributed by atoms with Crippen molar-refractivity contribution in [1.29, 1.82) is 0 Å². The molecule has 134 valence electrons. The van der Waals surface area contributed by atoms with Crippen LogP contribution in [0.25, 0.3) is 5.52 Å². The number of nitrogens with zero attached hydrogens (tertiary/aromatic N) is 2. The number of aromatic nitrogens is 2. The fourth-order valence-corrected chi connectivity index (χ4v) is 3.35. The number of nitrogens with two attached hydrogens (primary N) is 1. The highest BCUT2D eigenvalue weighted by Crippen LogP contribution is 2.27. The van der Waals surface area contributed by atoms with Gasteiger partial charge in [0.1, 0.15) is 0 Å². The lowest BCUT2D eigenvalue weighted by Gasteiger charge is -2.09. The van der Waals surface area contributed by atoms with Crippen LogP contribution in [0.1, 0.15) is 26.5 Å². The van der Waals surface area contributed by atoms with Gasteiger partial charge < -0.3 is 0 Å². The van der Waals surface area contributed by atoms with E-state index < -0.39 is 18.1 Å². The first-order valence-corrected chi connectivity index (χ1v) is 8.51. The number of ketones is 1. The van der Waals surface area contributed by atoms with Crippen LogP contribution in [0, 0.1) is 0 Å². The number of amides is 1. The maximum Gasteiger partial charge on any atom is 0.301 e. The van der Waals surface area contributed by atoms with Gasteiger partial charge in [0, 0.05) is 16.8 Å². The quantitative estimate of drug-likeness (QED) is 0.227. The van der Waals surface area contributed by atoms with Crippen molar-refractivity contribution < 1.29 is 18.4 Å². The lowest BCUT2D eigenvalue weighted by molar-refractivity contribution is 0.0680. The van der Waals surface area contributed by atoms with E-state index in [1.807, 2.05) is 35.8 Å². The van der Waals surface area contributed by atoms with Gasteiger partial charge in [-0.3, -0.25) is 19.4 Å². The van der Waals surface area contributed by atoms with E-state index in [0.717, 1.165) is 5.56 Å². The van der Waals surface area contributed by atoms with E-state index in [-0.39, 0.29) is 16.9 Å². The molecule has 0 saturated heterocycles. The largest absolute Gasteiger partial charge is 0.301 e. The summed E-state index contributed by atoms with van der Waals surface area (Å²) in [4.78, 5) is 28.2. The number of carbonyl (C=O) groups excluding carboxylic acids is 2. The van der Waals surface area contributed by atoms with E-state index in [1.165, 1.54) is 28.4 Å². The summed E-state index contributed by atoms with van der Waals surface area (Å²) < 4.78 is 27.2. The molecule has 1 amide bonds. The summed E-state index contributed by atoms with van der Waals surface area (Å²) in [7, 11) is 0. The van der Waals surface area contributed by atoms with Crippen LogP contribution in [0.5, 0.6) is 0 Å². The molecule has 1 aromatic carbocycles. The number of hydrogen-bond acceptors (Lipinski definition) is 5. The summed E-state index contributed by atoms with van der Waals surface area (Å²) >= 11 is 1.35. The second-order valence-electron chi connectivity index (χ2n) is 5.34. The predicted molar refractivity (Wildman–Crippen MR) is 93.2 cm³/mol. The Morgan fingerprint density at radius 3 is 2.65 bits per heavy atom. The molecular weight excluding hydrogens is 362 g/mol. The normalized spacial score (nSPS) is 11.1. The summed E-state index contributed by atoms with van der Waals surface area (Å²) in [6.45, 7) is 0. The van der Waals surface area contributed by atoms with Gasteiger partial charge in [-0.05, 0) is 11.6 Å². The number of rotatable bonds is 6. The summed E-state index contributed by atoms with van der Waals surface area (Å²) in [6, 6.07) is 10.9. The minimum Gasteiger partial charge on any atom is -0.294 e. The predicted octanol–water partition coefficient (Wildman–Crippen LogP) is 2.68. The van der Waals surface area contributed by atoms with Crippen LogP contribution in [0.3, 0.4) is 0 Å². The summed E-state index contributed by atoms with van der Waals surface area (Å²) in [6.07, 6.45) is -0.385. The van der Waals surface area contributed by atoms with Gasteiger partial charge in [0.25, 0.3) is 0 Å². The summed E-state index contributed by atoms with van der Waals surface area (Å²) in [5.74, 6) is 3.60. The average molecular weight is 376 g/mol. The molecule has 0 spiro atoms. The molecule has 3 N–H and O–H groups in total. The molecule has 0 unspecified atom stereocenters. The van der Waals surface area contributed by atoms with Crippen molar-refractivity contribution in [3.05, 3.63) is 65.7 Å². The second-order valence-corrected chi connectivity index (χ2v) is 6.39. The number of carbonyl (C=O) groups is 2. The lowest BCUT2D eigenvalue weighted by Crippen LogP contribution is -2.31. The highest BCUT2D eigenvalue weighted by molar-refractivity contribution is 7.98. The van der Waals surface area contributed by atoms with E-state index in [4.69, 9.17) is 5.84 Å². The first kappa shape index (κ1) is 18.0. The van der Waals surface area contributed by atoms with Crippen LogP contribution in [-0.4, -0.2) is 27.5 Å². The molecule has 0 radical (unpaired) electrons. The minimum absolute atomic E-state index is 0.0898. The molecule has 0 saturated carbocycles. The van der Waals surface area contributed by atoms with E-state index >= 15 is 0 Å². The van der Waals surface area contributed by atoms with Gasteiger partial charge in [0.05, 0.1) is 17.3 Å². The van der Waals surface area contributed by atoms with E-state index in [1.54, 1.807) is 6.20 Å². The van der Waals surface area contributed by atoms with Gasteiger partial charge in [0.15, 0.2) is 0 Å². The van der Waals surface area contributed by atoms with Crippen molar-refractivity contribution in [2.45, 2.75) is 17.1 Å².